The van der Waals surface area contributed by atoms with E-state index in [4.69, 9.17) is 9.15 Å². The quantitative estimate of drug-likeness (QED) is 0.614. The number of methoxy groups -OCH3 is 1. The van der Waals surface area contributed by atoms with Crippen LogP contribution in [0.1, 0.15) is 13.8 Å². The Bertz CT molecular complexity index is 557. The van der Waals surface area contributed by atoms with Crippen molar-refractivity contribution in [2.75, 3.05) is 12.9 Å². The molecular weight excluding hydrogens is 260 g/mol. The van der Waals surface area contributed by atoms with E-state index >= 15 is 0 Å². The largest absolute Gasteiger partial charge is 0.497 e. The summed E-state index contributed by atoms with van der Waals surface area (Å²) >= 11 is 1.53. The van der Waals surface area contributed by atoms with Gasteiger partial charge in [-0.1, -0.05) is 23.4 Å². The van der Waals surface area contributed by atoms with Crippen LogP contribution < -0.4 is 4.74 Å². The lowest BCUT2D eigenvalue weighted by Crippen LogP contribution is -1.82. The standard InChI is InChI=1S/C14H16N2O2S/c1-10(2)8-9-19-14-16-15-13(18-14)11-4-6-12(17-3)7-5-11/h4-8H,9H2,1-3H3. The second kappa shape index (κ2) is 6.43. The van der Waals surface area contributed by atoms with Crippen LogP contribution in [0.2, 0.25) is 0 Å². The van der Waals surface area contributed by atoms with Crippen molar-refractivity contribution >= 4 is 11.8 Å². The monoisotopic (exact) mass is 276 g/mol. The third kappa shape index (κ3) is 3.86. The number of ether oxygens (including phenoxy) is 1. The van der Waals surface area contributed by atoms with Crippen molar-refractivity contribution in [3.05, 3.63) is 35.9 Å². The summed E-state index contributed by atoms with van der Waals surface area (Å²) in [4.78, 5) is 0. The van der Waals surface area contributed by atoms with Gasteiger partial charge in [0.05, 0.1) is 7.11 Å². The summed E-state index contributed by atoms with van der Waals surface area (Å²) in [6, 6.07) is 7.54. The fourth-order valence-electron chi connectivity index (χ4n) is 1.40. The molecule has 2 aromatic rings. The summed E-state index contributed by atoms with van der Waals surface area (Å²) in [5, 5.41) is 8.64. The summed E-state index contributed by atoms with van der Waals surface area (Å²) in [5.41, 5.74) is 2.17. The molecule has 0 bridgehead atoms. The molecule has 0 atom stereocenters. The number of hydrogen-bond acceptors (Lipinski definition) is 5. The molecule has 1 aromatic carbocycles. The van der Waals surface area contributed by atoms with E-state index in [0.29, 0.717) is 11.1 Å². The van der Waals surface area contributed by atoms with Crippen LogP contribution in [0.3, 0.4) is 0 Å². The van der Waals surface area contributed by atoms with Gasteiger partial charge in [0.2, 0.25) is 5.89 Å². The molecule has 1 heterocycles. The summed E-state index contributed by atoms with van der Waals surface area (Å²) in [6.07, 6.45) is 2.13. The van der Waals surface area contributed by atoms with E-state index in [0.717, 1.165) is 17.1 Å². The van der Waals surface area contributed by atoms with Gasteiger partial charge in [-0.15, -0.1) is 10.2 Å². The molecule has 0 saturated carbocycles. The SMILES string of the molecule is COc1ccc(-c2nnc(SCC=C(C)C)o2)cc1. The highest BCUT2D eigenvalue weighted by atomic mass is 32.2. The fourth-order valence-corrected chi connectivity index (χ4v) is 2.19. The summed E-state index contributed by atoms with van der Waals surface area (Å²) in [6.45, 7) is 4.13. The molecule has 2 rings (SSSR count). The van der Waals surface area contributed by atoms with Crippen LogP contribution in [0.25, 0.3) is 11.5 Å². The summed E-state index contributed by atoms with van der Waals surface area (Å²) < 4.78 is 10.7. The van der Waals surface area contributed by atoms with E-state index in [2.05, 4.69) is 30.1 Å². The molecule has 0 spiro atoms. The molecule has 0 unspecified atom stereocenters. The average molecular weight is 276 g/mol. The van der Waals surface area contributed by atoms with E-state index in [9.17, 15) is 0 Å². The van der Waals surface area contributed by atoms with Crippen LogP contribution in [-0.2, 0) is 0 Å². The van der Waals surface area contributed by atoms with Gasteiger partial charge in [0.1, 0.15) is 5.75 Å². The smallest absolute Gasteiger partial charge is 0.277 e. The Kier molecular flexibility index (Phi) is 4.63. The first-order chi connectivity index (χ1) is 9.19. The molecule has 19 heavy (non-hydrogen) atoms. The van der Waals surface area contributed by atoms with E-state index in [1.807, 2.05) is 24.3 Å². The highest BCUT2D eigenvalue weighted by Gasteiger charge is 2.08. The number of hydrogen-bond donors (Lipinski definition) is 0. The lowest BCUT2D eigenvalue weighted by Gasteiger charge is -1.99. The molecule has 4 nitrogen and oxygen atoms in total. The number of aromatic nitrogens is 2. The molecule has 0 aliphatic rings. The van der Waals surface area contributed by atoms with Gasteiger partial charge in [0.15, 0.2) is 0 Å². The van der Waals surface area contributed by atoms with E-state index in [1.54, 1.807) is 7.11 Å². The predicted octanol–water partition coefficient (Wildman–Crippen LogP) is 3.80. The Morgan fingerprint density at radius 3 is 2.63 bits per heavy atom. The first-order valence-electron chi connectivity index (χ1n) is 5.93. The van der Waals surface area contributed by atoms with Crippen molar-refractivity contribution in [1.82, 2.24) is 10.2 Å². The maximum absolute atomic E-state index is 5.60. The number of benzene rings is 1. The molecule has 0 N–H and O–H groups in total. The van der Waals surface area contributed by atoms with Gasteiger partial charge >= 0.3 is 0 Å². The Labute approximate surface area is 116 Å². The Morgan fingerprint density at radius 1 is 1.26 bits per heavy atom. The lowest BCUT2D eigenvalue weighted by atomic mass is 10.2. The van der Waals surface area contributed by atoms with Crippen molar-refractivity contribution in [2.24, 2.45) is 0 Å². The topological polar surface area (TPSA) is 48.2 Å². The minimum Gasteiger partial charge on any atom is -0.497 e. The summed E-state index contributed by atoms with van der Waals surface area (Å²) in [7, 11) is 1.64. The molecule has 5 heteroatoms. The third-order valence-corrected chi connectivity index (χ3v) is 3.19. The Balaban J connectivity index is 2.05. The van der Waals surface area contributed by atoms with E-state index < -0.39 is 0 Å². The second-order valence-corrected chi connectivity index (χ2v) is 5.17. The minimum atomic E-state index is 0.530. The molecule has 1 aromatic heterocycles. The van der Waals surface area contributed by atoms with Crippen molar-refractivity contribution in [2.45, 2.75) is 19.1 Å². The van der Waals surface area contributed by atoms with Crippen molar-refractivity contribution in [3.8, 4) is 17.2 Å². The van der Waals surface area contributed by atoms with Crippen LogP contribution in [0.5, 0.6) is 5.75 Å². The molecule has 0 aliphatic carbocycles. The maximum Gasteiger partial charge on any atom is 0.277 e. The minimum absolute atomic E-state index is 0.530. The van der Waals surface area contributed by atoms with Gasteiger partial charge in [-0.05, 0) is 38.1 Å². The lowest BCUT2D eigenvalue weighted by molar-refractivity contribution is 0.414. The normalized spacial score (nSPS) is 10.3. The van der Waals surface area contributed by atoms with Gasteiger partial charge in [-0.25, -0.2) is 0 Å². The van der Waals surface area contributed by atoms with Crippen LogP contribution in [-0.4, -0.2) is 23.1 Å². The molecule has 0 fully saturated rings. The van der Waals surface area contributed by atoms with Crippen molar-refractivity contribution < 1.29 is 9.15 Å². The number of allylic oxidation sites excluding steroid dienone is 1. The number of rotatable bonds is 5. The predicted molar refractivity (Wildman–Crippen MR) is 76.4 cm³/mol. The summed E-state index contributed by atoms with van der Waals surface area (Å²) in [5.74, 6) is 2.18. The Hall–Kier alpha value is -1.75. The molecule has 0 radical (unpaired) electrons. The van der Waals surface area contributed by atoms with E-state index in [1.165, 1.54) is 17.3 Å². The second-order valence-electron chi connectivity index (χ2n) is 4.19. The fraction of sp³-hybridized carbons (Fsp3) is 0.286. The van der Waals surface area contributed by atoms with Crippen molar-refractivity contribution in [1.29, 1.82) is 0 Å². The van der Waals surface area contributed by atoms with Crippen molar-refractivity contribution in [3.63, 3.8) is 0 Å². The molecule has 100 valence electrons. The van der Waals surface area contributed by atoms with Crippen LogP contribution in [0, 0.1) is 0 Å². The van der Waals surface area contributed by atoms with E-state index in [-0.39, 0.29) is 0 Å². The Morgan fingerprint density at radius 2 is 2.00 bits per heavy atom. The first kappa shape index (κ1) is 13.7. The number of thioether (sulfide) groups is 1. The highest BCUT2D eigenvalue weighted by molar-refractivity contribution is 7.99. The molecule has 0 amide bonds. The molecular formula is C14H16N2O2S. The zero-order chi connectivity index (χ0) is 13.7. The van der Waals surface area contributed by atoms with Gasteiger partial charge in [-0.3, -0.25) is 0 Å². The van der Waals surface area contributed by atoms with Gasteiger partial charge in [0, 0.05) is 11.3 Å². The molecule has 0 saturated heterocycles. The zero-order valence-electron chi connectivity index (χ0n) is 11.2. The third-order valence-electron chi connectivity index (χ3n) is 2.44. The van der Waals surface area contributed by atoms with Crippen LogP contribution >= 0.6 is 11.8 Å². The van der Waals surface area contributed by atoms with Crippen LogP contribution in [0.4, 0.5) is 0 Å². The zero-order valence-corrected chi connectivity index (χ0v) is 12.0. The molecule has 0 aliphatic heterocycles. The van der Waals surface area contributed by atoms with Crippen LogP contribution in [0.15, 0.2) is 45.6 Å². The van der Waals surface area contributed by atoms with Gasteiger partial charge in [0.25, 0.3) is 5.22 Å². The maximum atomic E-state index is 5.60. The van der Waals surface area contributed by atoms with Gasteiger partial charge < -0.3 is 9.15 Å². The van der Waals surface area contributed by atoms with Gasteiger partial charge in [-0.2, -0.15) is 0 Å². The average Bonchev–Trinajstić information content (AvgIpc) is 2.87. The number of nitrogens with zero attached hydrogens (tertiary/aromatic N) is 2. The highest BCUT2D eigenvalue weighted by Crippen LogP contribution is 2.24. The first-order valence-corrected chi connectivity index (χ1v) is 6.91.